The number of halogens is 3. The van der Waals surface area contributed by atoms with E-state index in [9.17, 15) is 14.3 Å². The molecule has 0 aliphatic heterocycles. The Morgan fingerprint density at radius 2 is 1.79 bits per heavy atom. The lowest BCUT2D eigenvalue weighted by Gasteiger charge is -2.20. The highest BCUT2D eigenvalue weighted by Crippen LogP contribution is 2.35. The van der Waals surface area contributed by atoms with Crippen LogP contribution in [0.5, 0.6) is 5.75 Å². The van der Waals surface area contributed by atoms with E-state index in [1.165, 1.54) is 31.4 Å². The topological polar surface area (TPSA) is 50.4 Å². The van der Waals surface area contributed by atoms with E-state index in [4.69, 9.17) is 4.42 Å². The molecule has 146 valence electrons. The van der Waals surface area contributed by atoms with Gasteiger partial charge in [-0.25, -0.2) is 4.39 Å². The van der Waals surface area contributed by atoms with Crippen LogP contribution in [-0.4, -0.2) is 10.9 Å². The summed E-state index contributed by atoms with van der Waals surface area (Å²) in [7, 11) is 0. The summed E-state index contributed by atoms with van der Waals surface area (Å²) in [6.07, 6.45) is 6.64. The zero-order valence-corrected chi connectivity index (χ0v) is 19.4. The Kier molecular flexibility index (Phi) is 5.96. The standard InChI is InChI=1S/C22H19FI2O3/c23-14-6-7-18-15(11-14)20(19(28-18)8-12-4-2-1-3-5-12)21(26)13-9-16(24)22(27)17(25)10-13/h6-7,9-12,27H,1-5,8H2. The van der Waals surface area contributed by atoms with E-state index < -0.39 is 0 Å². The van der Waals surface area contributed by atoms with Gasteiger partial charge in [-0.2, -0.15) is 0 Å². The van der Waals surface area contributed by atoms with E-state index >= 15 is 0 Å². The predicted octanol–water partition coefficient (Wildman–Crippen LogP) is 6.84. The average molecular weight is 604 g/mol. The SMILES string of the molecule is O=C(c1cc(I)c(O)c(I)c1)c1c(CC2CCCCC2)oc2ccc(F)cc12. The van der Waals surface area contributed by atoms with Crippen molar-refractivity contribution in [2.75, 3.05) is 0 Å². The van der Waals surface area contributed by atoms with Crippen LogP contribution in [0, 0.1) is 18.9 Å². The van der Waals surface area contributed by atoms with Crippen LogP contribution < -0.4 is 0 Å². The van der Waals surface area contributed by atoms with Crippen LogP contribution in [-0.2, 0) is 6.42 Å². The van der Waals surface area contributed by atoms with Gasteiger partial charge in [-0.15, -0.1) is 0 Å². The largest absolute Gasteiger partial charge is 0.506 e. The molecule has 0 atom stereocenters. The molecule has 0 radical (unpaired) electrons. The van der Waals surface area contributed by atoms with Crippen molar-refractivity contribution in [1.29, 1.82) is 0 Å². The highest BCUT2D eigenvalue weighted by Gasteiger charge is 2.26. The van der Waals surface area contributed by atoms with Gasteiger partial charge < -0.3 is 9.52 Å². The van der Waals surface area contributed by atoms with Crippen molar-refractivity contribution in [3.63, 3.8) is 0 Å². The third-order valence-electron chi connectivity index (χ3n) is 5.43. The number of fused-ring (bicyclic) bond motifs is 1. The van der Waals surface area contributed by atoms with Gasteiger partial charge in [0.05, 0.1) is 12.7 Å². The van der Waals surface area contributed by atoms with E-state index in [-0.39, 0.29) is 17.3 Å². The van der Waals surface area contributed by atoms with Crippen LogP contribution in [0.25, 0.3) is 11.0 Å². The lowest BCUT2D eigenvalue weighted by molar-refractivity contribution is 0.103. The minimum absolute atomic E-state index is 0.170. The Hall–Kier alpha value is -1.16. The molecule has 1 aliphatic carbocycles. The zero-order valence-electron chi connectivity index (χ0n) is 15.1. The van der Waals surface area contributed by atoms with Crippen molar-refractivity contribution in [3.05, 3.63) is 60.2 Å². The molecule has 28 heavy (non-hydrogen) atoms. The Bertz CT molecular complexity index is 1030. The first-order chi connectivity index (χ1) is 13.4. The van der Waals surface area contributed by atoms with Crippen molar-refractivity contribution in [3.8, 4) is 5.75 Å². The minimum atomic E-state index is -0.388. The molecule has 1 fully saturated rings. The second kappa shape index (κ2) is 8.30. The number of phenols is 1. The molecule has 1 N–H and O–H groups in total. The molecule has 1 aliphatic rings. The summed E-state index contributed by atoms with van der Waals surface area (Å²) in [5.74, 6) is 0.733. The molecule has 4 rings (SSSR count). The average Bonchev–Trinajstić information content (AvgIpc) is 3.02. The summed E-state index contributed by atoms with van der Waals surface area (Å²) < 4.78 is 21.2. The number of aromatic hydroxyl groups is 1. The van der Waals surface area contributed by atoms with Gasteiger partial charge in [-0.1, -0.05) is 32.1 Å². The van der Waals surface area contributed by atoms with Crippen molar-refractivity contribution in [1.82, 2.24) is 0 Å². The first-order valence-electron chi connectivity index (χ1n) is 9.37. The lowest BCUT2D eigenvalue weighted by atomic mass is 9.85. The van der Waals surface area contributed by atoms with E-state index in [0.717, 1.165) is 12.8 Å². The van der Waals surface area contributed by atoms with Crippen molar-refractivity contribution in [2.24, 2.45) is 5.92 Å². The van der Waals surface area contributed by atoms with Crippen molar-refractivity contribution in [2.45, 2.75) is 38.5 Å². The number of phenolic OH excluding ortho intramolecular Hbond substituents is 1. The maximum Gasteiger partial charge on any atom is 0.197 e. The van der Waals surface area contributed by atoms with Crippen LogP contribution in [0.4, 0.5) is 4.39 Å². The Labute approximate surface area is 190 Å². The van der Waals surface area contributed by atoms with Gasteiger partial charge in [-0.3, -0.25) is 4.79 Å². The van der Waals surface area contributed by atoms with Gasteiger partial charge in [-0.05, 0) is 81.4 Å². The fourth-order valence-corrected chi connectivity index (χ4v) is 5.78. The van der Waals surface area contributed by atoms with Crippen LogP contribution in [0.15, 0.2) is 34.7 Å². The number of ketones is 1. The van der Waals surface area contributed by atoms with Gasteiger partial charge >= 0.3 is 0 Å². The predicted molar refractivity (Wildman–Crippen MR) is 123 cm³/mol. The molecular weight excluding hydrogens is 585 g/mol. The smallest absolute Gasteiger partial charge is 0.197 e. The third-order valence-corrected chi connectivity index (χ3v) is 7.07. The van der Waals surface area contributed by atoms with Gasteiger partial charge in [0.15, 0.2) is 5.78 Å². The normalized spacial score (nSPS) is 15.2. The molecule has 2 aromatic carbocycles. The number of furan rings is 1. The summed E-state index contributed by atoms with van der Waals surface area (Å²) in [6.45, 7) is 0. The Balaban J connectivity index is 1.82. The molecule has 0 unspecified atom stereocenters. The van der Waals surface area contributed by atoms with Crippen LogP contribution in [0.2, 0.25) is 0 Å². The fraction of sp³-hybridized carbons (Fsp3) is 0.318. The molecule has 3 nitrogen and oxygen atoms in total. The Morgan fingerprint density at radius 1 is 1.11 bits per heavy atom. The zero-order chi connectivity index (χ0) is 19.8. The monoisotopic (exact) mass is 604 g/mol. The molecule has 0 spiro atoms. The van der Waals surface area contributed by atoms with Crippen LogP contribution >= 0.6 is 45.2 Å². The molecule has 1 aromatic heterocycles. The molecular formula is C22H19FI2O3. The number of hydrogen-bond acceptors (Lipinski definition) is 3. The summed E-state index contributed by atoms with van der Waals surface area (Å²) in [6, 6.07) is 7.67. The quantitative estimate of drug-likeness (QED) is 0.262. The maximum absolute atomic E-state index is 13.9. The van der Waals surface area contributed by atoms with Crippen molar-refractivity contribution >= 4 is 61.9 Å². The van der Waals surface area contributed by atoms with Gasteiger partial charge in [0, 0.05) is 17.4 Å². The number of benzene rings is 2. The summed E-state index contributed by atoms with van der Waals surface area (Å²) in [5, 5.41) is 10.5. The number of carbonyl (C=O) groups excluding carboxylic acids is 1. The fourth-order valence-electron chi connectivity index (χ4n) is 4.01. The van der Waals surface area contributed by atoms with Crippen LogP contribution in [0.3, 0.4) is 0 Å². The second-order valence-electron chi connectivity index (χ2n) is 7.37. The summed E-state index contributed by atoms with van der Waals surface area (Å²) >= 11 is 4.03. The van der Waals surface area contributed by atoms with Gasteiger partial charge in [0.2, 0.25) is 0 Å². The maximum atomic E-state index is 13.9. The van der Waals surface area contributed by atoms with E-state index in [0.29, 0.717) is 47.3 Å². The molecule has 6 heteroatoms. The van der Waals surface area contributed by atoms with E-state index in [2.05, 4.69) is 0 Å². The Morgan fingerprint density at radius 3 is 2.46 bits per heavy atom. The third kappa shape index (κ3) is 3.94. The molecule has 1 heterocycles. The summed E-state index contributed by atoms with van der Waals surface area (Å²) in [4.78, 5) is 13.4. The minimum Gasteiger partial charge on any atom is -0.506 e. The van der Waals surface area contributed by atoms with E-state index in [1.807, 2.05) is 45.2 Å². The number of rotatable bonds is 4. The molecule has 3 aromatic rings. The first kappa shape index (κ1) is 20.1. The molecule has 0 saturated heterocycles. The number of carbonyl (C=O) groups is 1. The highest BCUT2D eigenvalue weighted by molar-refractivity contribution is 14.1. The molecule has 0 bridgehead atoms. The van der Waals surface area contributed by atoms with Gasteiger partial charge in [0.1, 0.15) is 22.9 Å². The molecule has 1 saturated carbocycles. The molecule has 0 amide bonds. The lowest BCUT2D eigenvalue weighted by Crippen LogP contribution is -2.12. The summed E-state index contributed by atoms with van der Waals surface area (Å²) in [5.41, 5.74) is 1.47. The van der Waals surface area contributed by atoms with Crippen molar-refractivity contribution < 1.29 is 18.7 Å². The van der Waals surface area contributed by atoms with E-state index in [1.54, 1.807) is 18.2 Å². The number of hydrogen-bond donors (Lipinski definition) is 1. The highest BCUT2D eigenvalue weighted by atomic mass is 127. The second-order valence-corrected chi connectivity index (χ2v) is 9.69. The van der Waals surface area contributed by atoms with Gasteiger partial charge in [0.25, 0.3) is 0 Å². The van der Waals surface area contributed by atoms with Crippen LogP contribution in [0.1, 0.15) is 53.8 Å². The first-order valence-corrected chi connectivity index (χ1v) is 11.5.